The van der Waals surface area contributed by atoms with Crippen LogP contribution >= 0.6 is 0 Å². The molecule has 0 spiro atoms. The SMILES string of the molecule is Cc1nc(-n2cncn2)ccc1C1C(=O)CCCC1=O. The van der Waals surface area contributed by atoms with E-state index in [9.17, 15) is 9.59 Å². The van der Waals surface area contributed by atoms with Crippen molar-refractivity contribution in [1.29, 1.82) is 0 Å². The monoisotopic (exact) mass is 270 g/mol. The van der Waals surface area contributed by atoms with Gasteiger partial charge in [-0.05, 0) is 25.0 Å². The van der Waals surface area contributed by atoms with E-state index >= 15 is 0 Å². The van der Waals surface area contributed by atoms with Gasteiger partial charge in [-0.25, -0.2) is 14.6 Å². The Kier molecular flexibility index (Phi) is 3.14. The fourth-order valence-corrected chi connectivity index (χ4v) is 2.57. The Balaban J connectivity index is 1.99. The largest absolute Gasteiger partial charge is 0.299 e. The van der Waals surface area contributed by atoms with E-state index in [4.69, 9.17) is 0 Å². The second-order valence-corrected chi connectivity index (χ2v) is 4.90. The lowest BCUT2D eigenvalue weighted by Gasteiger charge is -2.21. The van der Waals surface area contributed by atoms with Crippen LogP contribution in [0.1, 0.15) is 36.4 Å². The van der Waals surface area contributed by atoms with Crippen LogP contribution < -0.4 is 0 Å². The van der Waals surface area contributed by atoms with Gasteiger partial charge in [0.05, 0.1) is 0 Å². The van der Waals surface area contributed by atoms with Crippen LogP contribution in [0.4, 0.5) is 0 Å². The molecule has 1 fully saturated rings. The second-order valence-electron chi connectivity index (χ2n) is 4.90. The molecular formula is C14H14N4O2. The van der Waals surface area contributed by atoms with Crippen LogP contribution in [0, 0.1) is 6.92 Å². The molecule has 0 aliphatic heterocycles. The second kappa shape index (κ2) is 4.96. The molecule has 6 heteroatoms. The maximum Gasteiger partial charge on any atom is 0.155 e. The lowest BCUT2D eigenvalue weighted by atomic mass is 9.81. The van der Waals surface area contributed by atoms with Gasteiger partial charge in [0.1, 0.15) is 30.1 Å². The van der Waals surface area contributed by atoms with Gasteiger partial charge >= 0.3 is 0 Å². The van der Waals surface area contributed by atoms with Gasteiger partial charge in [-0.2, -0.15) is 5.10 Å². The molecule has 3 rings (SSSR count). The van der Waals surface area contributed by atoms with Crippen LogP contribution in [0.2, 0.25) is 0 Å². The van der Waals surface area contributed by atoms with Gasteiger partial charge in [0.15, 0.2) is 5.82 Å². The Bertz CT molecular complexity index is 648. The lowest BCUT2D eigenvalue weighted by Crippen LogP contribution is -2.27. The molecule has 1 aliphatic rings. The number of hydrogen-bond donors (Lipinski definition) is 0. The minimum Gasteiger partial charge on any atom is -0.299 e. The maximum absolute atomic E-state index is 12.0. The molecule has 2 aromatic rings. The van der Waals surface area contributed by atoms with Crippen LogP contribution in [0.3, 0.4) is 0 Å². The third-order valence-corrected chi connectivity index (χ3v) is 3.57. The summed E-state index contributed by atoms with van der Waals surface area (Å²) < 4.78 is 1.54. The van der Waals surface area contributed by atoms with E-state index in [0.717, 1.165) is 0 Å². The molecule has 0 amide bonds. The minimum absolute atomic E-state index is 0.000319. The highest BCUT2D eigenvalue weighted by molar-refractivity contribution is 6.09. The number of carbonyl (C=O) groups excluding carboxylic acids is 2. The molecule has 0 aromatic carbocycles. The first kappa shape index (κ1) is 12.7. The highest BCUT2D eigenvalue weighted by Gasteiger charge is 2.32. The summed E-state index contributed by atoms with van der Waals surface area (Å²) in [4.78, 5) is 32.3. The molecule has 0 unspecified atom stereocenters. The number of aryl methyl sites for hydroxylation is 1. The van der Waals surface area contributed by atoms with Gasteiger partial charge in [0, 0.05) is 18.5 Å². The first-order chi connectivity index (χ1) is 9.66. The van der Waals surface area contributed by atoms with Crippen molar-refractivity contribution in [2.45, 2.75) is 32.1 Å². The van der Waals surface area contributed by atoms with Gasteiger partial charge in [-0.3, -0.25) is 9.59 Å². The van der Waals surface area contributed by atoms with Gasteiger partial charge in [0.25, 0.3) is 0 Å². The molecule has 6 nitrogen and oxygen atoms in total. The van der Waals surface area contributed by atoms with Crippen molar-refractivity contribution in [2.75, 3.05) is 0 Å². The zero-order valence-electron chi connectivity index (χ0n) is 11.1. The normalized spacial score (nSPS) is 16.6. The first-order valence-corrected chi connectivity index (χ1v) is 6.55. The van der Waals surface area contributed by atoms with E-state index in [1.807, 2.05) is 6.92 Å². The summed E-state index contributed by atoms with van der Waals surface area (Å²) in [6, 6.07) is 3.55. The van der Waals surface area contributed by atoms with E-state index in [1.165, 1.54) is 6.33 Å². The van der Waals surface area contributed by atoms with E-state index in [2.05, 4.69) is 15.1 Å². The maximum atomic E-state index is 12.0. The summed E-state index contributed by atoms with van der Waals surface area (Å²) in [6.45, 7) is 1.81. The van der Waals surface area contributed by atoms with E-state index in [0.29, 0.717) is 36.3 Å². The van der Waals surface area contributed by atoms with Crippen molar-refractivity contribution < 1.29 is 9.59 Å². The van der Waals surface area contributed by atoms with Gasteiger partial charge in [0.2, 0.25) is 0 Å². The van der Waals surface area contributed by atoms with Crippen LogP contribution in [-0.4, -0.2) is 31.3 Å². The van der Waals surface area contributed by atoms with Crippen LogP contribution in [0.25, 0.3) is 5.82 Å². The molecule has 2 heterocycles. The van der Waals surface area contributed by atoms with E-state index in [1.54, 1.807) is 23.1 Å². The van der Waals surface area contributed by atoms with E-state index in [-0.39, 0.29) is 11.6 Å². The highest BCUT2D eigenvalue weighted by atomic mass is 16.2. The Morgan fingerprint density at radius 2 is 1.95 bits per heavy atom. The zero-order chi connectivity index (χ0) is 14.1. The summed E-state index contributed by atoms with van der Waals surface area (Å²) in [5.41, 5.74) is 1.40. The topological polar surface area (TPSA) is 77.7 Å². The number of Topliss-reactive ketones (excluding diaryl/α,β-unsaturated/α-hetero) is 2. The number of nitrogens with zero attached hydrogens (tertiary/aromatic N) is 4. The average Bonchev–Trinajstić information content (AvgIpc) is 2.94. The standard InChI is InChI=1S/C14H14N4O2/c1-9-10(14-11(19)3-2-4-12(14)20)5-6-13(17-9)18-8-15-7-16-18/h5-8,14H,2-4H2,1H3. The van der Waals surface area contributed by atoms with Crippen molar-refractivity contribution in [2.24, 2.45) is 0 Å². The molecular weight excluding hydrogens is 256 g/mol. The quantitative estimate of drug-likeness (QED) is 0.770. The molecule has 0 saturated heterocycles. The molecule has 102 valence electrons. The van der Waals surface area contributed by atoms with Crippen LogP contribution in [0.5, 0.6) is 0 Å². The third kappa shape index (κ3) is 2.13. The van der Waals surface area contributed by atoms with Crippen LogP contribution in [-0.2, 0) is 9.59 Å². The van der Waals surface area contributed by atoms with Crippen molar-refractivity contribution in [3.05, 3.63) is 36.0 Å². The molecule has 0 atom stereocenters. The summed E-state index contributed by atoms with van der Waals surface area (Å²) in [5.74, 6) is -0.0141. The predicted octanol–water partition coefficient (Wildman–Crippen LogP) is 1.38. The number of carbonyl (C=O) groups is 2. The average molecular weight is 270 g/mol. The number of hydrogen-bond acceptors (Lipinski definition) is 5. The van der Waals surface area contributed by atoms with Crippen molar-refractivity contribution in [1.82, 2.24) is 19.7 Å². The van der Waals surface area contributed by atoms with Gasteiger partial charge in [-0.1, -0.05) is 6.07 Å². The summed E-state index contributed by atoms with van der Waals surface area (Å²) in [6.07, 6.45) is 4.59. The fourth-order valence-electron chi connectivity index (χ4n) is 2.57. The number of ketones is 2. The Labute approximate surface area is 115 Å². The third-order valence-electron chi connectivity index (χ3n) is 3.57. The molecule has 20 heavy (non-hydrogen) atoms. The van der Waals surface area contributed by atoms with Crippen molar-refractivity contribution in [3.8, 4) is 5.82 Å². The summed E-state index contributed by atoms with van der Waals surface area (Å²) in [5, 5.41) is 4.01. The number of aromatic nitrogens is 4. The molecule has 2 aromatic heterocycles. The van der Waals surface area contributed by atoms with Crippen molar-refractivity contribution in [3.63, 3.8) is 0 Å². The molecule has 0 radical (unpaired) electrons. The fraction of sp³-hybridized carbons (Fsp3) is 0.357. The molecule has 0 bridgehead atoms. The summed E-state index contributed by atoms with van der Waals surface area (Å²) in [7, 11) is 0. The Morgan fingerprint density at radius 3 is 2.55 bits per heavy atom. The van der Waals surface area contributed by atoms with Crippen molar-refractivity contribution >= 4 is 11.6 Å². The Hall–Kier alpha value is -2.37. The Morgan fingerprint density at radius 1 is 1.20 bits per heavy atom. The zero-order valence-corrected chi connectivity index (χ0v) is 11.1. The highest BCUT2D eigenvalue weighted by Crippen LogP contribution is 2.29. The van der Waals surface area contributed by atoms with Crippen LogP contribution in [0.15, 0.2) is 24.8 Å². The summed E-state index contributed by atoms with van der Waals surface area (Å²) >= 11 is 0. The minimum atomic E-state index is -0.638. The van der Waals surface area contributed by atoms with Gasteiger partial charge < -0.3 is 0 Å². The predicted molar refractivity (Wildman–Crippen MR) is 70.5 cm³/mol. The molecule has 1 aliphatic carbocycles. The van der Waals surface area contributed by atoms with Gasteiger partial charge in [-0.15, -0.1) is 0 Å². The molecule has 1 saturated carbocycles. The van der Waals surface area contributed by atoms with E-state index < -0.39 is 5.92 Å². The molecule has 0 N–H and O–H groups in total. The first-order valence-electron chi connectivity index (χ1n) is 6.55. The lowest BCUT2D eigenvalue weighted by molar-refractivity contribution is -0.131. The number of rotatable bonds is 2. The smallest absolute Gasteiger partial charge is 0.155 e. The number of pyridine rings is 1.